The predicted octanol–water partition coefficient (Wildman–Crippen LogP) is 4.12. The maximum atomic E-state index is 9.71. The maximum Gasteiger partial charge on any atom is 0.124 e. The smallest absolute Gasteiger partial charge is 0.124 e. The fourth-order valence-corrected chi connectivity index (χ4v) is 2.08. The third-order valence-corrected chi connectivity index (χ3v) is 3.03. The van der Waals surface area contributed by atoms with Gasteiger partial charge in [-0.15, -0.1) is 0 Å². The summed E-state index contributed by atoms with van der Waals surface area (Å²) in [6, 6.07) is 8.09. The van der Waals surface area contributed by atoms with Crippen molar-refractivity contribution in [2.24, 2.45) is 4.99 Å². The highest BCUT2D eigenvalue weighted by Crippen LogP contribution is 2.28. The van der Waals surface area contributed by atoms with Crippen molar-refractivity contribution >= 4 is 23.5 Å². The Morgan fingerprint density at radius 3 is 2.32 bits per heavy atom. The standard InChI is InChI=1S/C15H14ClNO2/c1-9-5-13(18)6-10(2)15(9)17-8-11-7-12(16)3-4-14(11)19/h3-8,18-19H,1-2H3/b17-8+. The van der Waals surface area contributed by atoms with Crippen LogP contribution in [0.1, 0.15) is 16.7 Å². The molecule has 2 N–H and O–H groups in total. The second-order valence-electron chi connectivity index (χ2n) is 4.39. The highest BCUT2D eigenvalue weighted by Gasteiger charge is 2.04. The Bertz CT molecular complexity index is 628. The quantitative estimate of drug-likeness (QED) is 0.810. The van der Waals surface area contributed by atoms with E-state index >= 15 is 0 Å². The molecule has 0 heterocycles. The average molecular weight is 276 g/mol. The zero-order chi connectivity index (χ0) is 14.0. The van der Waals surface area contributed by atoms with Gasteiger partial charge in [0, 0.05) is 16.8 Å². The van der Waals surface area contributed by atoms with Crippen LogP contribution in [0.25, 0.3) is 0 Å². The van der Waals surface area contributed by atoms with E-state index in [9.17, 15) is 10.2 Å². The second-order valence-corrected chi connectivity index (χ2v) is 4.83. The molecule has 0 unspecified atom stereocenters. The molecule has 0 fully saturated rings. The lowest BCUT2D eigenvalue weighted by Gasteiger charge is -2.06. The molecule has 4 heteroatoms. The van der Waals surface area contributed by atoms with E-state index < -0.39 is 0 Å². The van der Waals surface area contributed by atoms with Gasteiger partial charge in [-0.05, 0) is 55.3 Å². The molecule has 0 atom stereocenters. The molecule has 0 aliphatic heterocycles. The summed E-state index contributed by atoms with van der Waals surface area (Å²) in [5, 5.41) is 19.7. The molecule has 0 saturated carbocycles. The number of aromatic hydroxyl groups is 2. The molecule has 2 aromatic rings. The number of halogens is 1. The summed E-state index contributed by atoms with van der Waals surface area (Å²) in [6.45, 7) is 3.74. The van der Waals surface area contributed by atoms with Gasteiger partial charge in [0.25, 0.3) is 0 Å². The van der Waals surface area contributed by atoms with E-state index in [0.717, 1.165) is 16.8 Å². The maximum absolute atomic E-state index is 9.71. The van der Waals surface area contributed by atoms with Crippen LogP contribution in [0.3, 0.4) is 0 Å². The van der Waals surface area contributed by atoms with Gasteiger partial charge >= 0.3 is 0 Å². The molecule has 0 aromatic heterocycles. The molecule has 0 radical (unpaired) electrons. The summed E-state index contributed by atoms with van der Waals surface area (Å²) in [6.07, 6.45) is 1.56. The molecule has 3 nitrogen and oxygen atoms in total. The first-order valence-corrected chi connectivity index (χ1v) is 6.18. The van der Waals surface area contributed by atoms with Crippen molar-refractivity contribution in [1.82, 2.24) is 0 Å². The zero-order valence-electron chi connectivity index (χ0n) is 10.7. The fourth-order valence-electron chi connectivity index (χ4n) is 1.90. The summed E-state index contributed by atoms with van der Waals surface area (Å²) in [5.74, 6) is 0.349. The normalized spacial score (nSPS) is 11.1. The Morgan fingerprint density at radius 1 is 1.05 bits per heavy atom. The van der Waals surface area contributed by atoms with Crippen LogP contribution in [0.15, 0.2) is 35.3 Å². The van der Waals surface area contributed by atoms with Crippen molar-refractivity contribution < 1.29 is 10.2 Å². The van der Waals surface area contributed by atoms with Crippen LogP contribution in [-0.2, 0) is 0 Å². The van der Waals surface area contributed by atoms with Gasteiger partial charge in [-0.2, -0.15) is 0 Å². The van der Waals surface area contributed by atoms with Crippen molar-refractivity contribution in [1.29, 1.82) is 0 Å². The Balaban J connectivity index is 2.41. The van der Waals surface area contributed by atoms with Crippen LogP contribution in [0.4, 0.5) is 5.69 Å². The molecule has 0 spiro atoms. The van der Waals surface area contributed by atoms with E-state index in [1.54, 1.807) is 30.5 Å². The number of benzene rings is 2. The molecule has 0 bridgehead atoms. The summed E-state index contributed by atoms with van der Waals surface area (Å²) in [5.41, 5.74) is 3.07. The third-order valence-electron chi connectivity index (χ3n) is 2.80. The van der Waals surface area contributed by atoms with Crippen molar-refractivity contribution in [3.63, 3.8) is 0 Å². The van der Waals surface area contributed by atoms with E-state index in [0.29, 0.717) is 10.6 Å². The Kier molecular flexibility index (Phi) is 3.76. The summed E-state index contributed by atoms with van der Waals surface area (Å²) >= 11 is 5.88. The predicted molar refractivity (Wildman–Crippen MR) is 78.0 cm³/mol. The lowest BCUT2D eigenvalue weighted by atomic mass is 10.1. The lowest BCUT2D eigenvalue weighted by Crippen LogP contribution is -1.85. The number of nitrogens with zero attached hydrogens (tertiary/aromatic N) is 1. The highest BCUT2D eigenvalue weighted by atomic mass is 35.5. The zero-order valence-corrected chi connectivity index (χ0v) is 11.4. The van der Waals surface area contributed by atoms with E-state index in [1.165, 1.54) is 6.07 Å². The van der Waals surface area contributed by atoms with Crippen molar-refractivity contribution in [3.05, 3.63) is 52.0 Å². The minimum Gasteiger partial charge on any atom is -0.508 e. The van der Waals surface area contributed by atoms with Crippen LogP contribution >= 0.6 is 11.6 Å². The molecule has 0 aliphatic rings. The molecule has 19 heavy (non-hydrogen) atoms. The molecular formula is C15H14ClNO2. The van der Waals surface area contributed by atoms with E-state index in [4.69, 9.17) is 11.6 Å². The van der Waals surface area contributed by atoms with Crippen LogP contribution in [0.5, 0.6) is 11.5 Å². The number of rotatable bonds is 2. The van der Waals surface area contributed by atoms with Gasteiger partial charge in [0.15, 0.2) is 0 Å². The Labute approximate surface area is 116 Å². The largest absolute Gasteiger partial charge is 0.508 e. The molecule has 2 rings (SSSR count). The van der Waals surface area contributed by atoms with Crippen LogP contribution in [-0.4, -0.2) is 16.4 Å². The number of hydrogen-bond donors (Lipinski definition) is 2. The van der Waals surface area contributed by atoms with Crippen LogP contribution in [0, 0.1) is 13.8 Å². The van der Waals surface area contributed by atoms with Crippen molar-refractivity contribution in [3.8, 4) is 11.5 Å². The van der Waals surface area contributed by atoms with Gasteiger partial charge in [0.2, 0.25) is 0 Å². The van der Waals surface area contributed by atoms with Crippen molar-refractivity contribution in [2.75, 3.05) is 0 Å². The number of aliphatic imine (C=N–C) groups is 1. The molecule has 98 valence electrons. The van der Waals surface area contributed by atoms with Crippen molar-refractivity contribution in [2.45, 2.75) is 13.8 Å². The monoisotopic (exact) mass is 275 g/mol. The fraction of sp³-hybridized carbons (Fsp3) is 0.133. The summed E-state index contributed by atoms with van der Waals surface area (Å²) in [4.78, 5) is 4.36. The average Bonchev–Trinajstić information content (AvgIpc) is 2.32. The lowest BCUT2D eigenvalue weighted by molar-refractivity contribution is 0.473. The first-order chi connectivity index (χ1) is 8.97. The van der Waals surface area contributed by atoms with Gasteiger partial charge in [0.05, 0.1) is 5.69 Å². The minimum atomic E-state index is 0.127. The molecule has 2 aromatic carbocycles. The SMILES string of the molecule is Cc1cc(O)cc(C)c1/N=C/c1cc(Cl)ccc1O. The van der Waals surface area contributed by atoms with Gasteiger partial charge in [-0.3, -0.25) is 4.99 Å². The van der Waals surface area contributed by atoms with E-state index in [1.807, 2.05) is 13.8 Å². The van der Waals surface area contributed by atoms with E-state index in [2.05, 4.69) is 4.99 Å². The number of aryl methyl sites for hydroxylation is 2. The first kappa shape index (κ1) is 13.4. The molecular weight excluding hydrogens is 262 g/mol. The number of phenols is 2. The van der Waals surface area contributed by atoms with Gasteiger partial charge in [0.1, 0.15) is 11.5 Å². The van der Waals surface area contributed by atoms with Gasteiger partial charge in [-0.1, -0.05) is 11.6 Å². The Morgan fingerprint density at radius 2 is 1.68 bits per heavy atom. The third kappa shape index (κ3) is 3.06. The second kappa shape index (κ2) is 5.33. The first-order valence-electron chi connectivity index (χ1n) is 5.80. The number of hydrogen-bond acceptors (Lipinski definition) is 3. The molecule has 0 amide bonds. The van der Waals surface area contributed by atoms with Gasteiger partial charge < -0.3 is 10.2 Å². The molecule has 0 saturated heterocycles. The summed E-state index contributed by atoms with van der Waals surface area (Å²) < 4.78 is 0. The Hall–Kier alpha value is -2.00. The topological polar surface area (TPSA) is 52.8 Å². The minimum absolute atomic E-state index is 0.127. The van der Waals surface area contributed by atoms with Crippen LogP contribution in [0.2, 0.25) is 5.02 Å². The van der Waals surface area contributed by atoms with Gasteiger partial charge in [-0.25, -0.2) is 0 Å². The number of phenolic OH excluding ortho intramolecular Hbond substituents is 2. The van der Waals surface area contributed by atoms with Crippen LogP contribution < -0.4 is 0 Å². The van der Waals surface area contributed by atoms with E-state index in [-0.39, 0.29) is 11.5 Å². The summed E-state index contributed by atoms with van der Waals surface area (Å²) in [7, 11) is 0. The highest BCUT2D eigenvalue weighted by molar-refractivity contribution is 6.30. The molecule has 0 aliphatic carbocycles.